The highest BCUT2D eigenvalue weighted by Crippen LogP contribution is 2.34. The maximum atomic E-state index is 11.1. The van der Waals surface area contributed by atoms with Crippen LogP contribution in [0.25, 0.3) is 0 Å². The monoisotopic (exact) mass is 651 g/mol. The van der Waals surface area contributed by atoms with E-state index in [1.54, 1.807) is 46.9 Å². The van der Waals surface area contributed by atoms with Gasteiger partial charge >= 0.3 is 5.97 Å². The van der Waals surface area contributed by atoms with Crippen molar-refractivity contribution in [3.05, 3.63) is 49.1 Å². The molecule has 0 bridgehead atoms. The number of aromatic hydroxyl groups is 1. The number of carboxylic acids is 1. The van der Waals surface area contributed by atoms with Gasteiger partial charge in [-0.05, 0) is 110 Å². The normalized spacial score (nSPS) is 13.4. The third kappa shape index (κ3) is 5.06. The molecule has 2 aromatic carbocycles. The average molecular weight is 651 g/mol. The Morgan fingerprint density at radius 1 is 1.17 bits per heavy atom. The Morgan fingerprint density at radius 3 is 2.17 bits per heavy atom. The van der Waals surface area contributed by atoms with Gasteiger partial charge in [0.25, 0.3) is 0 Å². The van der Waals surface area contributed by atoms with Crippen LogP contribution in [0.1, 0.15) is 5.56 Å². The van der Waals surface area contributed by atoms with Gasteiger partial charge in [-0.25, -0.2) is 4.79 Å². The van der Waals surface area contributed by atoms with Crippen LogP contribution in [0.5, 0.6) is 17.2 Å². The molecule has 8 heteroatoms. The maximum absolute atomic E-state index is 11.1. The van der Waals surface area contributed by atoms with E-state index in [1.807, 2.05) is 12.1 Å². The molecule has 2 aromatic rings. The van der Waals surface area contributed by atoms with Crippen molar-refractivity contribution in [3.8, 4) is 17.2 Å². The van der Waals surface area contributed by atoms with Crippen molar-refractivity contribution in [2.45, 2.75) is 9.97 Å². The van der Waals surface area contributed by atoms with E-state index in [2.05, 4.69) is 45.2 Å². The van der Waals surface area contributed by atoms with Crippen LogP contribution in [0, 0.1) is 7.14 Å². The molecule has 0 heterocycles. The molecule has 0 unspecified atom stereocenters. The van der Waals surface area contributed by atoms with Crippen LogP contribution in [0.2, 0.25) is 0 Å². The van der Waals surface area contributed by atoms with Gasteiger partial charge in [-0.1, -0.05) is 0 Å². The van der Waals surface area contributed by atoms with E-state index in [1.165, 1.54) is 0 Å². The minimum Gasteiger partial charge on any atom is -0.508 e. The molecule has 1 atom stereocenters. The lowest BCUT2D eigenvalue weighted by atomic mass is 10.1. The Bertz CT molecular complexity index is 709. The molecule has 0 saturated heterocycles. The molecular formula is C15H12I3NO4. The lowest BCUT2D eigenvalue weighted by Gasteiger charge is -2.18. The van der Waals surface area contributed by atoms with Gasteiger partial charge in [0.15, 0.2) is 9.30 Å². The lowest BCUT2D eigenvalue weighted by molar-refractivity contribution is -0.139. The molecule has 0 radical (unpaired) electrons. The van der Waals surface area contributed by atoms with E-state index < -0.39 is 9.51 Å². The van der Waals surface area contributed by atoms with Gasteiger partial charge in [0.05, 0.1) is 7.14 Å². The van der Waals surface area contributed by atoms with Gasteiger partial charge < -0.3 is 20.7 Å². The smallest absolute Gasteiger partial charge is 0.334 e. The third-order valence-electron chi connectivity index (χ3n) is 2.93. The number of carboxylic acid groups (broad SMARTS) is 1. The first-order valence-corrected chi connectivity index (χ1v) is 9.58. The molecule has 4 N–H and O–H groups in total. The number of hydrogen-bond acceptors (Lipinski definition) is 4. The van der Waals surface area contributed by atoms with E-state index in [-0.39, 0.29) is 12.2 Å². The Hall–Kier alpha value is -0.340. The number of phenolic OH excluding ortho intramolecular Hbond substituents is 1. The van der Waals surface area contributed by atoms with Gasteiger partial charge in [-0.2, -0.15) is 0 Å². The molecule has 23 heavy (non-hydrogen) atoms. The van der Waals surface area contributed by atoms with E-state index in [4.69, 9.17) is 15.6 Å². The summed E-state index contributed by atoms with van der Waals surface area (Å²) in [5.41, 5.74) is 6.62. The maximum Gasteiger partial charge on any atom is 0.334 e. The van der Waals surface area contributed by atoms with Crippen molar-refractivity contribution in [2.24, 2.45) is 5.73 Å². The summed E-state index contributed by atoms with van der Waals surface area (Å²) in [7, 11) is 0. The molecule has 2 rings (SSSR count). The van der Waals surface area contributed by atoms with Crippen LogP contribution in [0.4, 0.5) is 0 Å². The lowest BCUT2D eigenvalue weighted by Crippen LogP contribution is -2.43. The first-order valence-electron chi connectivity index (χ1n) is 6.35. The van der Waals surface area contributed by atoms with Crippen LogP contribution >= 0.6 is 67.8 Å². The van der Waals surface area contributed by atoms with E-state index in [9.17, 15) is 9.90 Å². The molecule has 122 valence electrons. The molecule has 0 saturated carbocycles. The van der Waals surface area contributed by atoms with E-state index >= 15 is 0 Å². The van der Waals surface area contributed by atoms with Gasteiger partial charge in [0.2, 0.25) is 0 Å². The zero-order valence-corrected chi connectivity index (χ0v) is 18.1. The molecule has 0 aliphatic heterocycles. The summed E-state index contributed by atoms with van der Waals surface area (Å²) in [4.78, 5) is 11.1. The van der Waals surface area contributed by atoms with Gasteiger partial charge in [0, 0.05) is 6.42 Å². The summed E-state index contributed by atoms with van der Waals surface area (Å²) in [6.07, 6.45) is 0.217. The first kappa shape index (κ1) is 19.0. The van der Waals surface area contributed by atoms with Crippen molar-refractivity contribution >= 4 is 73.7 Å². The molecule has 0 fully saturated rings. The molecular weight excluding hydrogens is 639 g/mol. The second kappa shape index (κ2) is 7.70. The zero-order chi connectivity index (χ0) is 17.2. The van der Waals surface area contributed by atoms with Crippen molar-refractivity contribution in [1.29, 1.82) is 0 Å². The molecule has 0 aliphatic carbocycles. The summed E-state index contributed by atoms with van der Waals surface area (Å²) in [5, 5.41) is 18.4. The number of phenols is 1. The Kier molecular flexibility index (Phi) is 6.35. The molecule has 5 nitrogen and oxygen atoms in total. The quantitative estimate of drug-likeness (QED) is 0.258. The van der Waals surface area contributed by atoms with Crippen molar-refractivity contribution in [3.63, 3.8) is 0 Å². The summed E-state index contributed by atoms with van der Waals surface area (Å²) >= 11 is 6.03. The number of nitrogens with two attached hydrogens (primary N) is 1. The predicted octanol–water partition coefficient (Wildman–Crippen LogP) is 4.11. The Labute approximate surface area is 174 Å². The highest BCUT2D eigenvalue weighted by molar-refractivity contribution is 14.1. The highest BCUT2D eigenvalue weighted by Gasteiger charge is 2.31. The van der Waals surface area contributed by atoms with E-state index in [0.717, 1.165) is 12.7 Å². The molecule has 0 amide bonds. The van der Waals surface area contributed by atoms with Crippen molar-refractivity contribution in [1.82, 2.24) is 0 Å². The number of halogens is 3. The highest BCUT2D eigenvalue weighted by atomic mass is 127. The number of benzene rings is 2. The number of rotatable bonds is 5. The molecule has 0 aromatic heterocycles. The van der Waals surface area contributed by atoms with Crippen LogP contribution < -0.4 is 10.5 Å². The van der Waals surface area contributed by atoms with Crippen molar-refractivity contribution in [2.75, 3.05) is 0 Å². The fourth-order valence-corrected chi connectivity index (χ4v) is 4.37. The van der Waals surface area contributed by atoms with Crippen LogP contribution in [-0.4, -0.2) is 19.7 Å². The minimum atomic E-state index is -1.34. The predicted molar refractivity (Wildman–Crippen MR) is 112 cm³/mol. The van der Waals surface area contributed by atoms with Crippen LogP contribution in [0.3, 0.4) is 0 Å². The minimum absolute atomic E-state index is 0.173. The molecule has 0 aliphatic rings. The second-order valence-electron chi connectivity index (χ2n) is 4.83. The van der Waals surface area contributed by atoms with E-state index in [0.29, 0.717) is 11.5 Å². The van der Waals surface area contributed by atoms with Crippen molar-refractivity contribution < 1.29 is 19.7 Å². The standard InChI is InChI=1S/C15H12I3NO4/c16-11-5-8(7-15(18,19)14(21)22)6-12(17)13(11)23-10-3-1-9(20)2-4-10/h1-6,20H,7,19H2,(H,21,22)/t15-/m1/s1. The van der Waals surface area contributed by atoms with Crippen LogP contribution in [-0.2, 0) is 11.2 Å². The average Bonchev–Trinajstić information content (AvgIpc) is 2.44. The third-order valence-corrected chi connectivity index (χ3v) is 5.38. The van der Waals surface area contributed by atoms with Crippen LogP contribution in [0.15, 0.2) is 36.4 Å². The number of hydrogen-bond donors (Lipinski definition) is 3. The number of ether oxygens (including phenoxy) is 1. The van der Waals surface area contributed by atoms with Gasteiger partial charge in [0.1, 0.15) is 11.5 Å². The largest absolute Gasteiger partial charge is 0.508 e. The number of carbonyl (C=O) groups is 1. The summed E-state index contributed by atoms with van der Waals surface area (Å²) in [6.45, 7) is 0. The second-order valence-corrected chi connectivity index (χ2v) is 9.08. The summed E-state index contributed by atoms with van der Waals surface area (Å²) in [6, 6.07) is 10.2. The SMILES string of the molecule is N[C@](I)(Cc1cc(I)c(Oc2ccc(O)cc2)c(I)c1)C(=O)O. The summed E-state index contributed by atoms with van der Waals surface area (Å²) < 4.78 is 6.22. The van der Waals surface area contributed by atoms with Gasteiger partial charge in [-0.15, -0.1) is 0 Å². The topological polar surface area (TPSA) is 92.8 Å². The fraction of sp³-hybridized carbons (Fsp3) is 0.133. The zero-order valence-electron chi connectivity index (χ0n) is 11.6. The Balaban J connectivity index is 2.27. The molecule has 0 spiro atoms. The Morgan fingerprint density at radius 2 is 1.70 bits per heavy atom. The fourth-order valence-electron chi connectivity index (χ4n) is 1.82. The number of aliphatic carboxylic acids is 1. The summed E-state index contributed by atoms with van der Waals surface area (Å²) in [5.74, 6) is 0.422. The number of alkyl halides is 1. The van der Waals surface area contributed by atoms with Gasteiger partial charge in [-0.3, -0.25) is 0 Å². The first-order chi connectivity index (χ1) is 10.7.